The predicted molar refractivity (Wildman–Crippen MR) is 292 cm³/mol. The van der Waals surface area contributed by atoms with Gasteiger partial charge in [0.25, 0.3) is 0 Å². The molecule has 0 atom stereocenters. The lowest BCUT2D eigenvalue weighted by Crippen LogP contribution is -2.24. The quantitative estimate of drug-likeness (QED) is 0.144. The Balaban J connectivity index is 0.919. The molecule has 0 saturated carbocycles. The fourth-order valence-corrected chi connectivity index (χ4v) is 10.2. The summed E-state index contributed by atoms with van der Waals surface area (Å²) in [6, 6.07) is 80.2. The highest BCUT2D eigenvalue weighted by Gasteiger charge is 2.31. The molecule has 1 aliphatic rings. The van der Waals surface area contributed by atoms with Crippen molar-refractivity contribution in [2.24, 2.45) is 0 Å². The third kappa shape index (κ3) is 7.76. The second-order valence-electron chi connectivity index (χ2n) is 19.3. The first kappa shape index (κ1) is 42.7. The first-order valence-corrected chi connectivity index (χ1v) is 24.1. The van der Waals surface area contributed by atoms with Gasteiger partial charge in [-0.1, -0.05) is 178 Å². The molecule has 2 aromatic heterocycles. The third-order valence-corrected chi connectivity index (χ3v) is 13.8. The van der Waals surface area contributed by atoms with Crippen LogP contribution in [0.3, 0.4) is 0 Å². The smallest absolute Gasteiger partial charge is 0.137 e. The number of nitrogens with zero attached hydrogens (tertiary/aromatic N) is 4. The summed E-state index contributed by atoms with van der Waals surface area (Å²) in [4.78, 5) is 10.0. The molecule has 0 aliphatic carbocycles. The summed E-state index contributed by atoms with van der Waals surface area (Å²) >= 11 is 0. The molecular weight excluding hydrogens is 853 g/mol. The Hall–Kier alpha value is -8.67. The van der Waals surface area contributed by atoms with Gasteiger partial charge in [-0.25, -0.2) is 4.98 Å². The summed E-state index contributed by atoms with van der Waals surface area (Å²) < 4.78 is 9.17. The molecule has 9 aromatic carbocycles. The van der Waals surface area contributed by atoms with Gasteiger partial charge in [-0.3, -0.25) is 4.57 Å². The minimum atomic E-state index is 0.0873. The van der Waals surface area contributed by atoms with Gasteiger partial charge >= 0.3 is 0 Å². The number of pyridine rings is 1. The van der Waals surface area contributed by atoms with Gasteiger partial charge < -0.3 is 14.5 Å². The number of para-hydroxylation sites is 3. The highest BCUT2D eigenvalue weighted by Crippen LogP contribution is 2.50. The average molecular weight is 905 g/mol. The first-order chi connectivity index (χ1) is 34.2. The second kappa shape index (κ2) is 17.4. The van der Waals surface area contributed by atoms with Crippen LogP contribution in [0.5, 0.6) is 11.5 Å². The lowest BCUT2D eigenvalue weighted by atomic mass is 9.86. The lowest BCUT2D eigenvalue weighted by molar-refractivity contribution is 0.483. The van der Waals surface area contributed by atoms with Gasteiger partial charge in [0.1, 0.15) is 24.0 Å². The predicted octanol–water partition coefficient (Wildman–Crippen LogP) is 17.5. The molecular formula is C65H52N4O. The lowest BCUT2D eigenvalue weighted by Gasteiger charge is -2.27. The zero-order chi connectivity index (χ0) is 47.3. The Labute approximate surface area is 410 Å². The third-order valence-electron chi connectivity index (χ3n) is 13.8. The minimum Gasteiger partial charge on any atom is -0.457 e. The van der Waals surface area contributed by atoms with Crippen molar-refractivity contribution in [3.05, 3.63) is 242 Å². The number of aryl methyl sites for hydroxylation is 1. The van der Waals surface area contributed by atoms with Crippen molar-refractivity contribution >= 4 is 44.6 Å². The van der Waals surface area contributed by atoms with E-state index < -0.39 is 0 Å². The van der Waals surface area contributed by atoms with Crippen LogP contribution >= 0.6 is 0 Å². The summed E-state index contributed by atoms with van der Waals surface area (Å²) in [6.07, 6.45) is 2.03. The van der Waals surface area contributed by atoms with E-state index >= 15 is 0 Å². The number of benzene rings is 9. The van der Waals surface area contributed by atoms with Crippen molar-refractivity contribution < 1.29 is 4.74 Å². The number of rotatable bonds is 9. The molecule has 0 unspecified atom stereocenters. The second-order valence-corrected chi connectivity index (χ2v) is 19.3. The maximum absolute atomic E-state index is 6.88. The van der Waals surface area contributed by atoms with Crippen molar-refractivity contribution in [3.63, 3.8) is 0 Å². The van der Waals surface area contributed by atoms with Crippen LogP contribution in [0.15, 0.2) is 231 Å². The molecule has 0 amide bonds. The van der Waals surface area contributed by atoms with E-state index in [1.54, 1.807) is 0 Å². The van der Waals surface area contributed by atoms with Gasteiger partial charge in [-0.05, 0) is 106 Å². The van der Waals surface area contributed by atoms with Crippen molar-refractivity contribution in [2.45, 2.75) is 33.1 Å². The minimum absolute atomic E-state index is 0.0873. The van der Waals surface area contributed by atoms with E-state index in [1.807, 2.05) is 12.3 Å². The van der Waals surface area contributed by atoms with Crippen molar-refractivity contribution in [1.82, 2.24) is 9.55 Å². The Morgan fingerprint density at radius 2 is 1.03 bits per heavy atom. The van der Waals surface area contributed by atoms with Crippen LogP contribution in [0.2, 0.25) is 0 Å². The van der Waals surface area contributed by atoms with Crippen LogP contribution in [0.25, 0.3) is 72.1 Å². The molecule has 0 radical (unpaired) electrons. The van der Waals surface area contributed by atoms with E-state index in [0.717, 1.165) is 72.9 Å². The Morgan fingerprint density at radius 3 is 1.69 bits per heavy atom. The monoisotopic (exact) mass is 904 g/mol. The molecule has 12 rings (SSSR count). The molecule has 0 fully saturated rings. The molecule has 11 aromatic rings. The molecule has 338 valence electrons. The Kier molecular flexibility index (Phi) is 10.6. The van der Waals surface area contributed by atoms with E-state index in [4.69, 9.17) is 9.72 Å². The number of aromatic nitrogens is 2. The summed E-state index contributed by atoms with van der Waals surface area (Å²) in [6.45, 7) is 9.56. The van der Waals surface area contributed by atoms with Crippen LogP contribution in [0.4, 0.5) is 22.7 Å². The van der Waals surface area contributed by atoms with Gasteiger partial charge in [0.2, 0.25) is 0 Å². The molecule has 0 N–H and O–H groups in total. The Morgan fingerprint density at radius 1 is 0.443 bits per heavy atom. The standard InChI is InChI=1S/C65H52N4O/c1-44-38-63(66-42-58(44)48-30-33-50(34-31-48)65(2,3)4)69-59-37-32-49(45-18-8-5-9-19-45)39-57(59)56-36-35-53(41-62(56)69)70-52-25-16-24-51(40-52)67-43-68(61-29-15-14-28-60(61)67)64-54(46-20-10-6-11-21-46)26-17-27-55(64)47-22-12-7-13-23-47/h5-42H,43H2,1-4H3. The average Bonchev–Trinajstić information content (AvgIpc) is 3.95. The van der Waals surface area contributed by atoms with E-state index in [9.17, 15) is 0 Å². The Bertz CT molecular complexity index is 3650. The first-order valence-electron chi connectivity index (χ1n) is 24.1. The number of fused-ring (bicyclic) bond motifs is 4. The largest absolute Gasteiger partial charge is 0.457 e. The zero-order valence-corrected chi connectivity index (χ0v) is 39.8. The molecule has 0 spiro atoms. The summed E-state index contributed by atoms with van der Waals surface area (Å²) in [5.41, 5.74) is 18.6. The van der Waals surface area contributed by atoms with E-state index in [1.165, 1.54) is 44.6 Å². The van der Waals surface area contributed by atoms with Crippen LogP contribution in [0.1, 0.15) is 31.9 Å². The normalized spacial score (nSPS) is 12.5. The molecule has 5 nitrogen and oxygen atoms in total. The summed E-state index contributed by atoms with van der Waals surface area (Å²) in [7, 11) is 0. The molecule has 5 heteroatoms. The zero-order valence-electron chi connectivity index (χ0n) is 39.8. The maximum atomic E-state index is 6.88. The van der Waals surface area contributed by atoms with E-state index in [-0.39, 0.29) is 5.41 Å². The van der Waals surface area contributed by atoms with Gasteiger partial charge in [0.15, 0.2) is 0 Å². The number of ether oxygens (including phenoxy) is 1. The molecule has 3 heterocycles. The van der Waals surface area contributed by atoms with Gasteiger partial charge in [0.05, 0.1) is 28.1 Å². The van der Waals surface area contributed by atoms with Crippen LogP contribution < -0.4 is 14.5 Å². The molecule has 1 aliphatic heterocycles. The van der Waals surface area contributed by atoms with Crippen molar-refractivity contribution in [1.29, 1.82) is 0 Å². The fourth-order valence-electron chi connectivity index (χ4n) is 10.2. The van der Waals surface area contributed by atoms with Crippen molar-refractivity contribution in [2.75, 3.05) is 16.5 Å². The maximum Gasteiger partial charge on any atom is 0.137 e. The topological polar surface area (TPSA) is 33.5 Å². The SMILES string of the molecule is Cc1cc(-n2c3ccc(-c4ccccc4)cc3c3ccc(Oc4cccc(N5CN(c6c(-c7ccccc7)cccc6-c6ccccc6)c6ccccc65)c4)cc32)ncc1-c1ccc(C(C)(C)C)cc1. The van der Waals surface area contributed by atoms with Crippen LogP contribution in [0, 0.1) is 6.92 Å². The van der Waals surface area contributed by atoms with E-state index in [0.29, 0.717) is 6.67 Å². The summed E-state index contributed by atoms with van der Waals surface area (Å²) in [5.74, 6) is 2.37. The molecule has 0 bridgehead atoms. The molecule has 70 heavy (non-hydrogen) atoms. The van der Waals surface area contributed by atoms with Gasteiger partial charge in [0, 0.05) is 51.5 Å². The molecule has 0 saturated heterocycles. The van der Waals surface area contributed by atoms with E-state index in [2.05, 4.69) is 260 Å². The highest BCUT2D eigenvalue weighted by molar-refractivity contribution is 6.11. The number of hydrogen-bond acceptors (Lipinski definition) is 4. The highest BCUT2D eigenvalue weighted by atomic mass is 16.5. The summed E-state index contributed by atoms with van der Waals surface area (Å²) in [5, 5.41) is 2.29. The number of hydrogen-bond donors (Lipinski definition) is 0. The van der Waals surface area contributed by atoms with Crippen LogP contribution in [-0.4, -0.2) is 16.2 Å². The number of anilines is 4. The van der Waals surface area contributed by atoms with Gasteiger partial charge in [-0.2, -0.15) is 0 Å². The fraction of sp³-hybridized carbons (Fsp3) is 0.0923. The van der Waals surface area contributed by atoms with Gasteiger partial charge in [-0.15, -0.1) is 0 Å². The van der Waals surface area contributed by atoms with Crippen LogP contribution in [-0.2, 0) is 5.41 Å². The van der Waals surface area contributed by atoms with Crippen molar-refractivity contribution in [3.8, 4) is 61.8 Å².